The average Bonchev–Trinajstić information content (AvgIpc) is 1.83. The Bertz CT molecular complexity index is 128. The fourth-order valence-corrected chi connectivity index (χ4v) is 0.244. The molecule has 0 aliphatic carbocycles. The molecule has 0 aromatic rings. The highest BCUT2D eigenvalue weighted by molar-refractivity contribution is 4.88. The van der Waals surface area contributed by atoms with Gasteiger partial charge in [-0.15, -0.1) is 0 Å². The molecule has 0 spiro atoms. The van der Waals surface area contributed by atoms with Gasteiger partial charge >= 0.3 is 0 Å². The van der Waals surface area contributed by atoms with E-state index in [1.54, 1.807) is 6.92 Å². The highest BCUT2D eigenvalue weighted by Gasteiger charge is 1.92. The van der Waals surface area contributed by atoms with E-state index >= 15 is 0 Å². The smallest absolute Gasteiger partial charge is 0.0932 e. The van der Waals surface area contributed by atoms with Crippen LogP contribution in [0.5, 0.6) is 0 Å². The molecule has 3 nitrogen and oxygen atoms in total. The summed E-state index contributed by atoms with van der Waals surface area (Å²) < 4.78 is 0. The molecule has 0 heterocycles. The highest BCUT2D eigenvalue weighted by Crippen LogP contribution is 1.71. The molecule has 8 heavy (non-hydrogen) atoms. The summed E-state index contributed by atoms with van der Waals surface area (Å²) in [6.45, 7) is 1.95. The zero-order chi connectivity index (χ0) is 6.41. The molecule has 1 unspecified atom stereocenters. The molecular weight excluding hydrogens is 102 g/mol. The van der Waals surface area contributed by atoms with Crippen LogP contribution in [0.3, 0.4) is 0 Å². The molecule has 0 radical (unpaired) electrons. The summed E-state index contributed by atoms with van der Waals surface area (Å²) in [5.74, 6) is 0. The van der Waals surface area contributed by atoms with Crippen molar-refractivity contribution in [2.75, 3.05) is 6.54 Å². The van der Waals surface area contributed by atoms with E-state index in [0.29, 0.717) is 0 Å². The van der Waals surface area contributed by atoms with E-state index in [4.69, 9.17) is 10.5 Å². The fraction of sp³-hybridized carbons (Fsp3) is 0.600. The molecule has 1 N–H and O–H groups in total. The van der Waals surface area contributed by atoms with Gasteiger partial charge in [0.1, 0.15) is 0 Å². The number of nitrogens with one attached hydrogen (secondary N) is 1. The van der Waals surface area contributed by atoms with Crippen molar-refractivity contribution in [3.05, 3.63) is 0 Å². The van der Waals surface area contributed by atoms with Crippen molar-refractivity contribution in [2.45, 2.75) is 13.0 Å². The molecule has 0 aromatic carbocycles. The SMILES string of the molecule is CC(C#N)NCC#N. The maximum absolute atomic E-state index is 8.14. The van der Waals surface area contributed by atoms with E-state index in [2.05, 4.69) is 5.32 Å². The number of nitrogens with zero attached hydrogens (tertiary/aromatic N) is 2. The number of rotatable bonds is 2. The van der Waals surface area contributed by atoms with Crippen LogP contribution in [-0.2, 0) is 0 Å². The van der Waals surface area contributed by atoms with Gasteiger partial charge in [-0.3, -0.25) is 5.32 Å². The Kier molecular flexibility index (Phi) is 3.56. The van der Waals surface area contributed by atoms with E-state index in [9.17, 15) is 0 Å². The van der Waals surface area contributed by atoms with Crippen molar-refractivity contribution in [2.24, 2.45) is 0 Å². The summed E-state index contributed by atoms with van der Waals surface area (Å²) in [7, 11) is 0. The van der Waals surface area contributed by atoms with Crippen molar-refractivity contribution in [1.29, 1.82) is 10.5 Å². The van der Waals surface area contributed by atoms with Crippen LogP contribution in [0.1, 0.15) is 6.92 Å². The Morgan fingerprint density at radius 1 is 1.62 bits per heavy atom. The Morgan fingerprint density at radius 2 is 2.25 bits per heavy atom. The Morgan fingerprint density at radius 3 is 2.62 bits per heavy atom. The Labute approximate surface area is 48.5 Å². The third kappa shape index (κ3) is 3.14. The molecule has 0 aromatic heterocycles. The second-order valence-electron chi connectivity index (χ2n) is 1.39. The van der Waals surface area contributed by atoms with Crippen LogP contribution >= 0.6 is 0 Å². The van der Waals surface area contributed by atoms with Crippen LogP contribution in [-0.4, -0.2) is 12.6 Å². The Balaban J connectivity index is 3.18. The summed E-state index contributed by atoms with van der Waals surface area (Å²) in [5.41, 5.74) is 0. The normalized spacial score (nSPS) is 11.4. The quantitative estimate of drug-likeness (QED) is 0.508. The van der Waals surface area contributed by atoms with Gasteiger partial charge < -0.3 is 0 Å². The van der Waals surface area contributed by atoms with Crippen LogP contribution in [0.15, 0.2) is 0 Å². The largest absolute Gasteiger partial charge is 0.289 e. The second kappa shape index (κ2) is 4.11. The molecule has 0 aliphatic rings. The number of nitriles is 2. The van der Waals surface area contributed by atoms with Gasteiger partial charge in [-0.05, 0) is 6.92 Å². The predicted molar refractivity (Wildman–Crippen MR) is 28.7 cm³/mol. The highest BCUT2D eigenvalue weighted by atomic mass is 14.9. The van der Waals surface area contributed by atoms with Gasteiger partial charge in [0.15, 0.2) is 0 Å². The van der Waals surface area contributed by atoms with Gasteiger partial charge in [0.25, 0.3) is 0 Å². The third-order valence-corrected chi connectivity index (χ3v) is 0.681. The van der Waals surface area contributed by atoms with Crippen molar-refractivity contribution in [3.8, 4) is 12.1 Å². The van der Waals surface area contributed by atoms with Crippen LogP contribution in [0, 0.1) is 22.7 Å². The molecular formula is C5H7N3. The van der Waals surface area contributed by atoms with E-state index in [1.165, 1.54) is 0 Å². The third-order valence-electron chi connectivity index (χ3n) is 0.681. The molecule has 3 heteroatoms. The summed E-state index contributed by atoms with van der Waals surface area (Å²) in [4.78, 5) is 0. The van der Waals surface area contributed by atoms with Gasteiger partial charge in [0, 0.05) is 0 Å². The van der Waals surface area contributed by atoms with Crippen molar-refractivity contribution < 1.29 is 0 Å². The molecule has 42 valence electrons. The lowest BCUT2D eigenvalue weighted by atomic mass is 10.4. The molecule has 0 amide bonds. The number of hydrogen-bond donors (Lipinski definition) is 1. The molecule has 1 atom stereocenters. The summed E-state index contributed by atoms with van der Waals surface area (Å²) in [6, 6.07) is 3.59. The van der Waals surface area contributed by atoms with Crippen molar-refractivity contribution in [1.82, 2.24) is 5.32 Å². The van der Waals surface area contributed by atoms with Crippen molar-refractivity contribution >= 4 is 0 Å². The minimum absolute atomic E-state index is 0.213. The summed E-state index contributed by atoms with van der Waals surface area (Å²) >= 11 is 0. The first-order valence-corrected chi connectivity index (χ1v) is 2.31. The fourth-order valence-electron chi connectivity index (χ4n) is 0.244. The first-order valence-electron chi connectivity index (χ1n) is 2.31. The topological polar surface area (TPSA) is 59.6 Å². The predicted octanol–water partition coefficient (Wildman–Crippen LogP) is 0.0117. The van der Waals surface area contributed by atoms with Gasteiger partial charge in [-0.25, -0.2) is 0 Å². The lowest BCUT2D eigenvalue weighted by molar-refractivity contribution is 0.700. The monoisotopic (exact) mass is 109 g/mol. The van der Waals surface area contributed by atoms with Crippen LogP contribution in [0.25, 0.3) is 0 Å². The van der Waals surface area contributed by atoms with E-state index in [-0.39, 0.29) is 12.6 Å². The first-order chi connectivity index (χ1) is 3.81. The van der Waals surface area contributed by atoms with Crippen LogP contribution in [0.4, 0.5) is 0 Å². The minimum Gasteiger partial charge on any atom is -0.289 e. The van der Waals surface area contributed by atoms with E-state index in [1.807, 2.05) is 12.1 Å². The first kappa shape index (κ1) is 6.94. The van der Waals surface area contributed by atoms with Gasteiger partial charge in [-0.2, -0.15) is 10.5 Å². The zero-order valence-corrected chi connectivity index (χ0v) is 4.68. The Hall–Kier alpha value is -1.06. The number of hydrogen-bond acceptors (Lipinski definition) is 3. The molecule has 0 fully saturated rings. The molecule has 0 bridgehead atoms. The summed E-state index contributed by atoms with van der Waals surface area (Å²) in [5, 5.41) is 18.8. The maximum atomic E-state index is 8.14. The molecule has 0 saturated heterocycles. The molecule has 0 rings (SSSR count). The minimum atomic E-state index is -0.213. The second-order valence-corrected chi connectivity index (χ2v) is 1.39. The van der Waals surface area contributed by atoms with Gasteiger partial charge in [0.2, 0.25) is 0 Å². The lowest BCUT2D eigenvalue weighted by Gasteiger charge is -1.96. The van der Waals surface area contributed by atoms with E-state index in [0.717, 1.165) is 0 Å². The summed E-state index contributed by atoms with van der Waals surface area (Å²) in [6.07, 6.45) is 0. The molecule has 0 saturated carbocycles. The van der Waals surface area contributed by atoms with Gasteiger partial charge in [0.05, 0.1) is 24.7 Å². The average molecular weight is 109 g/mol. The van der Waals surface area contributed by atoms with Crippen LogP contribution < -0.4 is 5.32 Å². The lowest BCUT2D eigenvalue weighted by Crippen LogP contribution is -2.24. The molecule has 0 aliphatic heterocycles. The van der Waals surface area contributed by atoms with Crippen LogP contribution in [0.2, 0.25) is 0 Å². The van der Waals surface area contributed by atoms with Gasteiger partial charge in [-0.1, -0.05) is 0 Å². The maximum Gasteiger partial charge on any atom is 0.0932 e. The van der Waals surface area contributed by atoms with E-state index < -0.39 is 0 Å². The zero-order valence-electron chi connectivity index (χ0n) is 4.68. The van der Waals surface area contributed by atoms with Crippen molar-refractivity contribution in [3.63, 3.8) is 0 Å². The standard InChI is InChI=1S/C5H7N3/c1-5(4-7)8-3-2-6/h5,8H,3H2,1H3.